The van der Waals surface area contributed by atoms with Gasteiger partial charge in [0.25, 0.3) is 0 Å². The van der Waals surface area contributed by atoms with Crippen molar-refractivity contribution in [1.29, 1.82) is 0 Å². The maximum absolute atomic E-state index is 13.4. The summed E-state index contributed by atoms with van der Waals surface area (Å²) >= 11 is 9.13. The van der Waals surface area contributed by atoms with Gasteiger partial charge in [-0.3, -0.25) is 0 Å². The van der Waals surface area contributed by atoms with E-state index in [2.05, 4.69) is 15.9 Å². The van der Waals surface area contributed by atoms with Gasteiger partial charge in [0.2, 0.25) is 0 Å². The van der Waals surface area contributed by atoms with Crippen LogP contribution in [0.5, 0.6) is 0 Å². The molecule has 0 aromatic heterocycles. The van der Waals surface area contributed by atoms with Crippen molar-refractivity contribution >= 4 is 27.5 Å². The minimum atomic E-state index is -0.161. The molecule has 0 aliphatic heterocycles. The van der Waals surface area contributed by atoms with E-state index in [-0.39, 0.29) is 11.2 Å². The summed E-state index contributed by atoms with van der Waals surface area (Å²) in [4.78, 5) is 0. The zero-order valence-electron chi connectivity index (χ0n) is 8.28. The number of halogens is 3. The average molecular weight is 280 g/mol. The predicted molar refractivity (Wildman–Crippen MR) is 62.3 cm³/mol. The predicted octanol–water partition coefficient (Wildman–Crippen LogP) is 4.40. The molecule has 14 heavy (non-hydrogen) atoms. The lowest BCUT2D eigenvalue weighted by Gasteiger charge is -2.21. The third-order valence-electron chi connectivity index (χ3n) is 2.04. The molecule has 0 unspecified atom stereocenters. The van der Waals surface area contributed by atoms with Gasteiger partial charge in [-0.2, -0.15) is 0 Å². The zero-order valence-corrected chi connectivity index (χ0v) is 10.6. The molecule has 0 aliphatic rings. The molecule has 78 valence electrons. The summed E-state index contributed by atoms with van der Waals surface area (Å²) in [5.74, 6) is 0.366. The fraction of sp³-hybridized carbons (Fsp3) is 0.455. The van der Waals surface area contributed by atoms with Crippen molar-refractivity contribution in [3.05, 3.63) is 34.1 Å². The second-order valence-corrected chi connectivity index (χ2v) is 5.39. The molecule has 1 rings (SSSR count). The van der Waals surface area contributed by atoms with E-state index in [0.29, 0.717) is 17.9 Å². The molecule has 0 atom stereocenters. The minimum Gasteiger partial charge on any atom is -0.207 e. The van der Waals surface area contributed by atoms with E-state index in [4.69, 9.17) is 11.6 Å². The van der Waals surface area contributed by atoms with Crippen LogP contribution in [0.15, 0.2) is 22.7 Å². The molecule has 0 spiro atoms. The maximum atomic E-state index is 13.4. The minimum absolute atomic E-state index is 0.0663. The van der Waals surface area contributed by atoms with Crippen LogP contribution in [-0.2, 0) is 6.42 Å². The van der Waals surface area contributed by atoms with Gasteiger partial charge in [0.05, 0.1) is 0 Å². The Hall–Kier alpha value is -0.0800. The number of alkyl halides is 1. The highest BCUT2D eigenvalue weighted by Crippen LogP contribution is 2.26. The van der Waals surface area contributed by atoms with Crippen LogP contribution >= 0.6 is 27.5 Å². The van der Waals surface area contributed by atoms with E-state index >= 15 is 0 Å². The summed E-state index contributed by atoms with van der Waals surface area (Å²) in [7, 11) is 0. The van der Waals surface area contributed by atoms with Gasteiger partial charge in [-0.15, -0.1) is 11.6 Å². The Morgan fingerprint density at radius 3 is 2.64 bits per heavy atom. The zero-order chi connectivity index (χ0) is 10.8. The van der Waals surface area contributed by atoms with Crippen molar-refractivity contribution in [1.82, 2.24) is 0 Å². The first-order chi connectivity index (χ1) is 6.44. The fourth-order valence-corrected chi connectivity index (χ4v) is 1.74. The standard InChI is InChI=1S/C11H13BrClF/c1-11(2,7-13)6-8-5-9(12)3-4-10(8)14/h3-5H,6-7H2,1-2H3. The summed E-state index contributed by atoms with van der Waals surface area (Å²) in [6, 6.07) is 4.99. The molecule has 0 N–H and O–H groups in total. The van der Waals surface area contributed by atoms with Crippen molar-refractivity contribution in [3.8, 4) is 0 Å². The van der Waals surface area contributed by atoms with E-state index in [0.717, 1.165) is 4.47 Å². The van der Waals surface area contributed by atoms with Crippen LogP contribution in [-0.4, -0.2) is 5.88 Å². The SMILES string of the molecule is CC(C)(CCl)Cc1cc(Br)ccc1F. The Labute approximate surface area is 97.6 Å². The third-order valence-corrected chi connectivity index (χ3v) is 3.26. The third kappa shape index (κ3) is 3.25. The fourth-order valence-electron chi connectivity index (χ4n) is 1.24. The lowest BCUT2D eigenvalue weighted by atomic mass is 9.88. The Morgan fingerprint density at radius 2 is 2.07 bits per heavy atom. The van der Waals surface area contributed by atoms with Crippen LogP contribution in [0.3, 0.4) is 0 Å². The molecule has 0 radical (unpaired) electrons. The highest BCUT2D eigenvalue weighted by atomic mass is 79.9. The Kier molecular flexibility index (Phi) is 3.96. The van der Waals surface area contributed by atoms with Gasteiger partial charge < -0.3 is 0 Å². The van der Waals surface area contributed by atoms with Crippen LogP contribution < -0.4 is 0 Å². The van der Waals surface area contributed by atoms with Crippen LogP contribution in [0, 0.1) is 11.2 Å². The van der Waals surface area contributed by atoms with Gasteiger partial charge in [0.15, 0.2) is 0 Å². The van der Waals surface area contributed by atoms with Gasteiger partial charge in [0.1, 0.15) is 5.82 Å². The van der Waals surface area contributed by atoms with Gasteiger partial charge in [-0.1, -0.05) is 29.8 Å². The summed E-state index contributed by atoms with van der Waals surface area (Å²) in [5.41, 5.74) is 0.647. The molecular weight excluding hydrogens is 266 g/mol. The molecule has 0 amide bonds. The largest absolute Gasteiger partial charge is 0.207 e. The molecule has 0 heterocycles. The molecule has 0 aliphatic carbocycles. The Bertz CT molecular complexity index is 323. The summed E-state index contributed by atoms with van der Waals surface area (Å²) in [5, 5.41) is 0. The first-order valence-corrected chi connectivity index (χ1v) is 5.77. The normalized spacial score (nSPS) is 11.8. The van der Waals surface area contributed by atoms with E-state index in [9.17, 15) is 4.39 Å². The van der Waals surface area contributed by atoms with Crippen molar-refractivity contribution in [2.45, 2.75) is 20.3 Å². The van der Waals surface area contributed by atoms with Crippen molar-refractivity contribution in [2.75, 3.05) is 5.88 Å². The highest BCUT2D eigenvalue weighted by molar-refractivity contribution is 9.10. The highest BCUT2D eigenvalue weighted by Gasteiger charge is 2.19. The molecule has 0 saturated heterocycles. The van der Waals surface area contributed by atoms with E-state index in [1.54, 1.807) is 6.07 Å². The van der Waals surface area contributed by atoms with Gasteiger partial charge in [-0.25, -0.2) is 4.39 Å². The second-order valence-electron chi connectivity index (χ2n) is 4.21. The van der Waals surface area contributed by atoms with Crippen LogP contribution in [0.4, 0.5) is 4.39 Å². The number of hydrogen-bond acceptors (Lipinski definition) is 0. The van der Waals surface area contributed by atoms with Crippen molar-refractivity contribution in [3.63, 3.8) is 0 Å². The molecule has 0 bridgehead atoms. The number of rotatable bonds is 3. The summed E-state index contributed by atoms with van der Waals surface area (Å²) in [6.07, 6.45) is 0.655. The monoisotopic (exact) mass is 278 g/mol. The Balaban J connectivity index is 2.91. The topological polar surface area (TPSA) is 0 Å². The smallest absolute Gasteiger partial charge is 0.126 e. The molecule has 1 aromatic carbocycles. The number of hydrogen-bond donors (Lipinski definition) is 0. The second kappa shape index (κ2) is 4.63. The van der Waals surface area contributed by atoms with E-state index < -0.39 is 0 Å². The van der Waals surface area contributed by atoms with Crippen molar-refractivity contribution in [2.24, 2.45) is 5.41 Å². The first-order valence-electron chi connectivity index (χ1n) is 4.44. The Morgan fingerprint density at radius 1 is 1.43 bits per heavy atom. The van der Waals surface area contributed by atoms with Gasteiger partial charge >= 0.3 is 0 Å². The van der Waals surface area contributed by atoms with Crippen LogP contribution in [0.2, 0.25) is 0 Å². The molecule has 0 fully saturated rings. The molecule has 0 saturated carbocycles. The van der Waals surface area contributed by atoms with Crippen molar-refractivity contribution < 1.29 is 4.39 Å². The maximum Gasteiger partial charge on any atom is 0.126 e. The molecular formula is C11H13BrClF. The lowest BCUT2D eigenvalue weighted by molar-refractivity contribution is 0.408. The average Bonchev–Trinajstić information content (AvgIpc) is 2.11. The summed E-state index contributed by atoms with van der Waals surface area (Å²) < 4.78 is 14.3. The quantitative estimate of drug-likeness (QED) is 0.720. The first kappa shape index (κ1) is 12.0. The lowest BCUT2D eigenvalue weighted by Crippen LogP contribution is -2.17. The van der Waals surface area contributed by atoms with E-state index in [1.165, 1.54) is 6.07 Å². The molecule has 1 aromatic rings. The van der Waals surface area contributed by atoms with Crippen LogP contribution in [0.1, 0.15) is 19.4 Å². The van der Waals surface area contributed by atoms with Gasteiger partial charge in [0, 0.05) is 10.4 Å². The molecule has 3 heteroatoms. The van der Waals surface area contributed by atoms with Gasteiger partial charge in [-0.05, 0) is 35.6 Å². The van der Waals surface area contributed by atoms with E-state index in [1.807, 2.05) is 19.9 Å². The van der Waals surface area contributed by atoms with Crippen LogP contribution in [0.25, 0.3) is 0 Å². The summed E-state index contributed by atoms with van der Waals surface area (Å²) in [6.45, 7) is 4.06. The number of benzene rings is 1. The molecule has 0 nitrogen and oxygen atoms in total.